The van der Waals surface area contributed by atoms with Gasteiger partial charge < -0.3 is 15.5 Å². The lowest BCUT2D eigenvalue weighted by molar-refractivity contribution is -0.136. The van der Waals surface area contributed by atoms with Crippen LogP contribution in [-0.2, 0) is 16.1 Å². The number of likely N-dealkylation sites (tertiary alicyclic amines) is 1. The zero-order valence-corrected chi connectivity index (χ0v) is 16.8. The molecule has 5 nitrogen and oxygen atoms in total. The Balaban J connectivity index is 1.37. The summed E-state index contributed by atoms with van der Waals surface area (Å²) in [6.45, 7) is 5.50. The number of halogens is 1. The van der Waals surface area contributed by atoms with Crippen LogP contribution in [0.1, 0.15) is 49.7 Å². The van der Waals surface area contributed by atoms with E-state index in [2.05, 4.69) is 10.6 Å². The molecule has 2 saturated heterocycles. The lowest BCUT2D eigenvalue weighted by atomic mass is 9.92. The maximum absolute atomic E-state index is 13.6. The number of carbonyl (C=O) groups is 2. The lowest BCUT2D eigenvalue weighted by Crippen LogP contribution is -2.43. The molecular formula is C22H32FN3O2. The molecule has 28 heavy (non-hydrogen) atoms. The van der Waals surface area contributed by atoms with Crippen molar-refractivity contribution in [2.75, 3.05) is 26.2 Å². The van der Waals surface area contributed by atoms with Crippen LogP contribution in [0.25, 0.3) is 0 Å². The van der Waals surface area contributed by atoms with E-state index in [0.717, 1.165) is 25.1 Å². The van der Waals surface area contributed by atoms with E-state index < -0.39 is 0 Å². The van der Waals surface area contributed by atoms with Crippen molar-refractivity contribution in [1.82, 2.24) is 15.5 Å². The smallest absolute Gasteiger partial charge is 0.223 e. The van der Waals surface area contributed by atoms with Crippen molar-refractivity contribution < 1.29 is 14.0 Å². The highest BCUT2D eigenvalue weighted by Crippen LogP contribution is 2.22. The fraction of sp³-hybridized carbons (Fsp3) is 0.636. The molecule has 1 aromatic carbocycles. The highest BCUT2D eigenvalue weighted by Gasteiger charge is 2.27. The Labute approximate surface area is 167 Å². The van der Waals surface area contributed by atoms with E-state index in [0.29, 0.717) is 50.4 Å². The molecule has 0 unspecified atom stereocenters. The first-order valence-corrected chi connectivity index (χ1v) is 10.5. The second-order valence-corrected chi connectivity index (χ2v) is 8.19. The van der Waals surface area contributed by atoms with Crippen LogP contribution in [0.4, 0.5) is 4.39 Å². The minimum atomic E-state index is -0.247. The Morgan fingerprint density at radius 1 is 1.18 bits per heavy atom. The molecule has 0 aromatic heterocycles. The first kappa shape index (κ1) is 20.8. The third kappa shape index (κ3) is 5.77. The van der Waals surface area contributed by atoms with Crippen molar-refractivity contribution in [2.45, 2.75) is 52.0 Å². The van der Waals surface area contributed by atoms with Gasteiger partial charge in [0.05, 0.1) is 0 Å². The van der Waals surface area contributed by atoms with E-state index in [9.17, 15) is 14.0 Å². The SMILES string of the molecule is Cc1ccc(CNC(=O)C2CCN(C(=O)CCC3CCNCC3)CC2)cc1F. The Morgan fingerprint density at radius 3 is 2.57 bits per heavy atom. The van der Waals surface area contributed by atoms with Crippen molar-refractivity contribution in [3.8, 4) is 0 Å². The number of carbonyl (C=O) groups excluding carboxylic acids is 2. The summed E-state index contributed by atoms with van der Waals surface area (Å²) in [6.07, 6.45) is 5.34. The Morgan fingerprint density at radius 2 is 1.89 bits per heavy atom. The maximum atomic E-state index is 13.6. The van der Waals surface area contributed by atoms with E-state index in [1.165, 1.54) is 18.9 Å². The van der Waals surface area contributed by atoms with E-state index >= 15 is 0 Å². The largest absolute Gasteiger partial charge is 0.352 e. The highest BCUT2D eigenvalue weighted by molar-refractivity contribution is 5.80. The van der Waals surface area contributed by atoms with Gasteiger partial charge in [-0.2, -0.15) is 0 Å². The molecule has 2 heterocycles. The zero-order valence-electron chi connectivity index (χ0n) is 16.8. The number of rotatable bonds is 6. The highest BCUT2D eigenvalue weighted by atomic mass is 19.1. The van der Waals surface area contributed by atoms with Crippen LogP contribution in [0.3, 0.4) is 0 Å². The predicted octanol–water partition coefficient (Wildman–Crippen LogP) is 2.77. The van der Waals surface area contributed by atoms with Crippen molar-refractivity contribution >= 4 is 11.8 Å². The monoisotopic (exact) mass is 389 g/mol. The normalized spacial score (nSPS) is 18.9. The molecule has 154 valence electrons. The molecule has 1 aromatic rings. The van der Waals surface area contributed by atoms with Gasteiger partial charge in [0.25, 0.3) is 0 Å². The lowest BCUT2D eigenvalue weighted by Gasteiger charge is -2.32. The van der Waals surface area contributed by atoms with Gasteiger partial charge in [-0.15, -0.1) is 0 Å². The summed E-state index contributed by atoms with van der Waals surface area (Å²) in [5, 5.41) is 6.27. The van der Waals surface area contributed by atoms with Crippen LogP contribution in [0.15, 0.2) is 18.2 Å². The standard InChI is InChI=1S/C22H32FN3O2/c1-16-2-3-18(14-20(16)23)15-25-22(28)19-8-12-26(13-9-19)21(27)5-4-17-6-10-24-11-7-17/h2-3,14,17,19,24H,4-13,15H2,1H3,(H,25,28). The van der Waals surface area contributed by atoms with Crippen LogP contribution in [-0.4, -0.2) is 42.9 Å². The summed E-state index contributed by atoms with van der Waals surface area (Å²) in [4.78, 5) is 26.8. The van der Waals surface area contributed by atoms with Crippen molar-refractivity contribution in [1.29, 1.82) is 0 Å². The van der Waals surface area contributed by atoms with E-state index in [1.54, 1.807) is 13.0 Å². The van der Waals surface area contributed by atoms with Gasteiger partial charge in [0.15, 0.2) is 0 Å². The minimum absolute atomic E-state index is 0.00258. The summed E-state index contributed by atoms with van der Waals surface area (Å²) in [5.74, 6) is 0.585. The topological polar surface area (TPSA) is 61.4 Å². The van der Waals surface area contributed by atoms with Crippen molar-refractivity contribution in [2.24, 2.45) is 11.8 Å². The molecule has 0 saturated carbocycles. The summed E-state index contributed by atoms with van der Waals surface area (Å²) in [6, 6.07) is 5.03. The van der Waals surface area contributed by atoms with Gasteiger partial charge in [-0.05, 0) is 75.2 Å². The molecular weight excluding hydrogens is 357 g/mol. The predicted molar refractivity (Wildman–Crippen MR) is 107 cm³/mol. The van der Waals surface area contributed by atoms with Crippen LogP contribution in [0, 0.1) is 24.6 Å². The summed E-state index contributed by atoms with van der Waals surface area (Å²) < 4.78 is 13.6. The summed E-state index contributed by atoms with van der Waals surface area (Å²) in [7, 11) is 0. The molecule has 0 aliphatic carbocycles. The Kier molecular flexibility index (Phi) is 7.43. The van der Waals surface area contributed by atoms with Gasteiger partial charge in [-0.3, -0.25) is 9.59 Å². The molecule has 0 spiro atoms. The van der Waals surface area contributed by atoms with E-state index in [-0.39, 0.29) is 23.5 Å². The van der Waals surface area contributed by atoms with Gasteiger partial charge in [-0.1, -0.05) is 12.1 Å². The Hall–Kier alpha value is -1.95. The molecule has 6 heteroatoms. The molecule has 2 amide bonds. The third-order valence-corrected chi connectivity index (χ3v) is 6.15. The zero-order chi connectivity index (χ0) is 19.9. The van der Waals surface area contributed by atoms with Crippen LogP contribution >= 0.6 is 0 Å². The molecule has 0 radical (unpaired) electrons. The molecule has 2 aliphatic rings. The first-order chi connectivity index (χ1) is 13.5. The number of benzene rings is 1. The minimum Gasteiger partial charge on any atom is -0.352 e. The average Bonchev–Trinajstić information content (AvgIpc) is 2.73. The fourth-order valence-corrected chi connectivity index (χ4v) is 4.13. The molecule has 2 aliphatic heterocycles. The Bertz CT molecular complexity index is 680. The number of hydrogen-bond donors (Lipinski definition) is 2. The fourth-order valence-electron chi connectivity index (χ4n) is 4.13. The van der Waals surface area contributed by atoms with Crippen LogP contribution in [0.2, 0.25) is 0 Å². The molecule has 2 N–H and O–H groups in total. The first-order valence-electron chi connectivity index (χ1n) is 10.5. The third-order valence-electron chi connectivity index (χ3n) is 6.15. The second kappa shape index (κ2) is 10.0. The average molecular weight is 390 g/mol. The number of aryl methyl sites for hydroxylation is 1. The van der Waals surface area contributed by atoms with Gasteiger partial charge in [0.1, 0.15) is 5.82 Å². The van der Waals surface area contributed by atoms with Crippen molar-refractivity contribution in [3.63, 3.8) is 0 Å². The number of amides is 2. The molecule has 0 bridgehead atoms. The molecule has 2 fully saturated rings. The van der Waals surface area contributed by atoms with Crippen molar-refractivity contribution in [3.05, 3.63) is 35.1 Å². The van der Waals surface area contributed by atoms with Gasteiger partial charge in [0.2, 0.25) is 11.8 Å². The number of nitrogens with zero attached hydrogens (tertiary/aromatic N) is 1. The quantitative estimate of drug-likeness (QED) is 0.787. The summed E-state index contributed by atoms with van der Waals surface area (Å²) >= 11 is 0. The van der Waals surface area contributed by atoms with Crippen LogP contribution in [0.5, 0.6) is 0 Å². The van der Waals surface area contributed by atoms with Crippen LogP contribution < -0.4 is 10.6 Å². The number of hydrogen-bond acceptors (Lipinski definition) is 3. The van der Waals surface area contributed by atoms with Gasteiger partial charge in [-0.25, -0.2) is 4.39 Å². The number of piperidine rings is 2. The van der Waals surface area contributed by atoms with Gasteiger partial charge in [0, 0.05) is 32.0 Å². The molecule has 3 rings (SSSR count). The maximum Gasteiger partial charge on any atom is 0.223 e. The van der Waals surface area contributed by atoms with Gasteiger partial charge >= 0.3 is 0 Å². The van der Waals surface area contributed by atoms with E-state index in [4.69, 9.17) is 0 Å². The number of nitrogens with one attached hydrogen (secondary N) is 2. The second-order valence-electron chi connectivity index (χ2n) is 8.19. The van der Waals surface area contributed by atoms with E-state index in [1.807, 2.05) is 11.0 Å². The molecule has 0 atom stereocenters. The summed E-state index contributed by atoms with van der Waals surface area (Å²) in [5.41, 5.74) is 1.37.